The first kappa shape index (κ1) is 31.9. The second-order valence-corrected chi connectivity index (χ2v) is 8.72. The van der Waals surface area contributed by atoms with Crippen LogP contribution in [0.1, 0.15) is 97.0 Å². The van der Waals surface area contributed by atoms with Gasteiger partial charge in [0.05, 0.1) is 6.61 Å². The molecule has 0 aromatic heterocycles. The minimum Gasteiger partial charge on any atom is -0.303 e. The van der Waals surface area contributed by atoms with E-state index in [1.165, 1.54) is 56.9 Å². The quantitative estimate of drug-likeness (QED) is 0.137. The first-order valence-corrected chi connectivity index (χ1v) is 12.6. The number of phosphoric ester groups is 1. The molecule has 0 aliphatic rings. The summed E-state index contributed by atoms with van der Waals surface area (Å²) in [5.41, 5.74) is 1.46. The van der Waals surface area contributed by atoms with E-state index < -0.39 is 7.82 Å². The minimum atomic E-state index is -4.26. The summed E-state index contributed by atoms with van der Waals surface area (Å²) in [5, 5.41) is 0. The third-order valence-corrected chi connectivity index (χ3v) is 5.36. The molecule has 0 saturated heterocycles. The standard InChI is InChI=1S/C15H23.C8H19O4P.Nd/c1-2-3-4-5-6-7-9-12-15-13-10-8-11-14-15;1-3-5-6-8(4-2)7-12-13(9,10)11;/h10-11,13-14H,2-7,9,12H2,1H3;8H,3-7H2,1-2H3,(H2,9,10,11);/q-1;;. The van der Waals surface area contributed by atoms with Gasteiger partial charge in [-0.2, -0.15) is 35.9 Å². The summed E-state index contributed by atoms with van der Waals surface area (Å²) in [6.07, 6.45) is 15.1. The second kappa shape index (κ2) is 21.9. The topological polar surface area (TPSA) is 66.8 Å². The molecule has 1 aromatic carbocycles. The predicted molar refractivity (Wildman–Crippen MR) is 118 cm³/mol. The summed E-state index contributed by atoms with van der Waals surface area (Å²) in [5.74, 6) is 0.271. The monoisotopic (exact) mass is 555 g/mol. The maximum absolute atomic E-state index is 10.4. The Kier molecular flexibility index (Phi) is 24.1. The van der Waals surface area contributed by atoms with Crippen molar-refractivity contribution in [1.29, 1.82) is 0 Å². The van der Waals surface area contributed by atoms with Crippen LogP contribution in [0.4, 0.5) is 0 Å². The number of hydrogen-bond donors (Lipinski definition) is 2. The number of aryl methyl sites for hydroxylation is 1. The van der Waals surface area contributed by atoms with Gasteiger partial charge in [0.25, 0.3) is 0 Å². The van der Waals surface area contributed by atoms with Crippen molar-refractivity contribution in [3.8, 4) is 0 Å². The van der Waals surface area contributed by atoms with E-state index in [0.717, 1.165) is 25.7 Å². The van der Waals surface area contributed by atoms with E-state index in [0.29, 0.717) is 0 Å². The molecule has 1 rings (SSSR count). The van der Waals surface area contributed by atoms with E-state index in [-0.39, 0.29) is 53.4 Å². The van der Waals surface area contributed by atoms with Crippen LogP contribution in [0.5, 0.6) is 0 Å². The molecule has 0 fully saturated rings. The minimum absolute atomic E-state index is 0. The fraction of sp³-hybridized carbons (Fsp3) is 0.739. The molecule has 6 heteroatoms. The Morgan fingerprint density at radius 2 is 1.48 bits per heavy atom. The molecular weight excluding hydrogens is 515 g/mol. The van der Waals surface area contributed by atoms with E-state index in [1.54, 1.807) is 0 Å². The molecule has 4 nitrogen and oxygen atoms in total. The van der Waals surface area contributed by atoms with Crippen LogP contribution in [0.25, 0.3) is 0 Å². The average molecular weight is 558 g/mol. The van der Waals surface area contributed by atoms with Crippen LogP contribution in [0.15, 0.2) is 24.3 Å². The molecule has 0 saturated carbocycles. The number of phosphoric acid groups is 1. The number of benzene rings is 1. The normalized spacial score (nSPS) is 11.9. The molecule has 2 N–H and O–H groups in total. The average Bonchev–Trinajstić information content (AvgIpc) is 2.68. The van der Waals surface area contributed by atoms with Crippen LogP contribution in [-0.2, 0) is 15.5 Å². The molecule has 1 atom stereocenters. The summed E-state index contributed by atoms with van der Waals surface area (Å²) in [6.45, 7) is 6.53. The maximum Gasteiger partial charge on any atom is 0.469 e. The van der Waals surface area contributed by atoms with Gasteiger partial charge in [-0.15, -0.1) is 0 Å². The smallest absolute Gasteiger partial charge is 0.303 e. The van der Waals surface area contributed by atoms with E-state index in [1.807, 2.05) is 19.1 Å². The van der Waals surface area contributed by atoms with Crippen molar-refractivity contribution in [1.82, 2.24) is 0 Å². The molecule has 168 valence electrons. The Labute approximate surface area is 212 Å². The SMILES string of the molecule is CCCCC(CC)COP(=O)(O)O.CCCCCCCCCc1cc[c-]cc1.[Nd]. The zero-order valence-corrected chi connectivity index (χ0v) is 22.8. The Morgan fingerprint density at radius 1 is 0.931 bits per heavy atom. The summed E-state index contributed by atoms with van der Waals surface area (Å²) in [4.78, 5) is 17.0. The Hall–Kier alpha value is 0.681. The van der Waals surface area contributed by atoms with Gasteiger partial charge in [-0.3, -0.25) is 4.52 Å². The van der Waals surface area contributed by atoms with Crippen molar-refractivity contribution >= 4 is 7.82 Å². The Balaban J connectivity index is 0. The van der Waals surface area contributed by atoms with Gasteiger partial charge in [0.15, 0.2) is 0 Å². The van der Waals surface area contributed by atoms with Crippen LogP contribution in [-0.4, -0.2) is 16.4 Å². The summed E-state index contributed by atoms with van der Waals surface area (Å²) < 4.78 is 14.8. The van der Waals surface area contributed by atoms with Crippen LogP contribution in [0, 0.1) is 52.8 Å². The summed E-state index contributed by atoms with van der Waals surface area (Å²) in [6, 6.07) is 11.4. The van der Waals surface area contributed by atoms with E-state index in [2.05, 4.69) is 36.6 Å². The predicted octanol–water partition coefficient (Wildman–Crippen LogP) is 7.09. The molecule has 0 heterocycles. The van der Waals surface area contributed by atoms with Crippen molar-refractivity contribution in [3.05, 3.63) is 35.9 Å². The molecule has 0 radical (unpaired) electrons. The van der Waals surface area contributed by atoms with Gasteiger partial charge in [-0.05, 0) is 12.3 Å². The molecular formula is C23H42NdO4P-. The van der Waals surface area contributed by atoms with Crippen molar-refractivity contribution in [3.63, 3.8) is 0 Å². The fourth-order valence-corrected chi connectivity index (χ4v) is 3.38. The molecule has 0 amide bonds. The van der Waals surface area contributed by atoms with Crippen molar-refractivity contribution in [2.45, 2.75) is 97.8 Å². The first-order valence-electron chi connectivity index (χ1n) is 11.1. The zero-order valence-electron chi connectivity index (χ0n) is 18.7. The number of rotatable bonds is 15. The molecule has 0 spiro atoms. The van der Waals surface area contributed by atoms with Gasteiger partial charge in [0.1, 0.15) is 0 Å². The number of unbranched alkanes of at least 4 members (excludes halogenated alkanes) is 7. The van der Waals surface area contributed by atoms with Gasteiger partial charge >= 0.3 is 7.82 Å². The van der Waals surface area contributed by atoms with Crippen molar-refractivity contribution in [2.75, 3.05) is 6.61 Å². The number of hydrogen-bond acceptors (Lipinski definition) is 2. The zero-order chi connectivity index (χ0) is 21.1. The van der Waals surface area contributed by atoms with Crippen LogP contribution in [0.2, 0.25) is 0 Å². The molecule has 0 bridgehead atoms. The van der Waals surface area contributed by atoms with Crippen LogP contribution >= 0.6 is 7.82 Å². The third-order valence-electron chi connectivity index (χ3n) is 4.88. The van der Waals surface area contributed by atoms with Gasteiger partial charge in [-0.25, -0.2) is 4.57 Å². The first-order chi connectivity index (χ1) is 13.4. The van der Waals surface area contributed by atoms with Gasteiger partial charge in [0, 0.05) is 40.8 Å². The fourth-order valence-electron chi connectivity index (χ4n) is 2.97. The summed E-state index contributed by atoms with van der Waals surface area (Å²) >= 11 is 0. The summed E-state index contributed by atoms with van der Waals surface area (Å²) in [7, 11) is -4.26. The third kappa shape index (κ3) is 23.2. The van der Waals surface area contributed by atoms with Crippen LogP contribution < -0.4 is 0 Å². The Morgan fingerprint density at radius 3 is 2.00 bits per heavy atom. The van der Waals surface area contributed by atoms with Gasteiger partial charge in [-0.1, -0.05) is 91.4 Å². The van der Waals surface area contributed by atoms with Gasteiger partial charge in [0.2, 0.25) is 0 Å². The maximum atomic E-state index is 10.4. The van der Waals surface area contributed by atoms with Crippen molar-refractivity contribution < 1.29 is 59.7 Å². The largest absolute Gasteiger partial charge is 0.469 e. The molecule has 0 aliphatic heterocycles. The van der Waals surface area contributed by atoms with E-state index in [9.17, 15) is 4.57 Å². The molecule has 1 aromatic rings. The van der Waals surface area contributed by atoms with Crippen LogP contribution in [0.3, 0.4) is 0 Å². The van der Waals surface area contributed by atoms with E-state index in [4.69, 9.17) is 9.79 Å². The molecule has 0 aliphatic carbocycles. The Bertz CT molecular complexity index is 493. The molecule has 29 heavy (non-hydrogen) atoms. The van der Waals surface area contributed by atoms with E-state index >= 15 is 0 Å². The second-order valence-electron chi connectivity index (χ2n) is 7.48. The van der Waals surface area contributed by atoms with Gasteiger partial charge < -0.3 is 9.79 Å². The van der Waals surface area contributed by atoms with Crippen molar-refractivity contribution in [2.24, 2.45) is 5.92 Å². The molecule has 1 unspecified atom stereocenters.